The number of rotatable bonds is 11. The molecule has 2 rings (SSSR count). The highest BCUT2D eigenvalue weighted by molar-refractivity contribution is 5.51. The summed E-state index contributed by atoms with van der Waals surface area (Å²) in [6.45, 7) is 7.77. The number of nitrogen functional groups attached to an aromatic ring is 2. The molecule has 0 unspecified atom stereocenters. The zero-order valence-corrected chi connectivity index (χ0v) is 17.2. The molecule has 2 aromatic carbocycles. The van der Waals surface area contributed by atoms with Crippen molar-refractivity contribution in [3.8, 4) is 0 Å². The van der Waals surface area contributed by atoms with Crippen LogP contribution in [0.1, 0.15) is 19.8 Å². The van der Waals surface area contributed by atoms with E-state index in [0.717, 1.165) is 59.7 Å². The Morgan fingerprint density at radius 1 is 0.741 bits per heavy atom. The average molecular weight is 372 g/mol. The number of benzene rings is 2. The Bertz CT molecular complexity index is 583. The van der Waals surface area contributed by atoms with Gasteiger partial charge in [-0.15, -0.1) is 0 Å². The van der Waals surface area contributed by atoms with E-state index in [9.17, 15) is 0 Å². The molecule has 0 saturated heterocycles. The lowest BCUT2D eigenvalue weighted by molar-refractivity contribution is -0.907. The van der Waals surface area contributed by atoms with Gasteiger partial charge in [0.15, 0.2) is 0 Å². The van der Waals surface area contributed by atoms with Crippen LogP contribution in [0.15, 0.2) is 48.5 Å². The molecule has 0 aliphatic heterocycles. The minimum Gasteiger partial charge on any atom is -0.399 e. The summed E-state index contributed by atoms with van der Waals surface area (Å²) in [5, 5.41) is 6.95. The average Bonchev–Trinajstić information content (AvgIpc) is 2.65. The number of nitrogens with one attached hydrogen (secondary N) is 2. The van der Waals surface area contributed by atoms with Gasteiger partial charge >= 0.3 is 0 Å². The predicted molar refractivity (Wildman–Crippen MR) is 121 cm³/mol. The second-order valence-electron chi connectivity index (χ2n) is 7.19. The van der Waals surface area contributed by atoms with Gasteiger partial charge in [-0.25, -0.2) is 0 Å². The molecular weight excluding hydrogens is 334 g/mol. The van der Waals surface area contributed by atoms with E-state index < -0.39 is 0 Å². The van der Waals surface area contributed by atoms with Crippen molar-refractivity contribution in [1.29, 1.82) is 0 Å². The van der Waals surface area contributed by atoms with Crippen molar-refractivity contribution in [3.05, 3.63) is 56.0 Å². The van der Waals surface area contributed by atoms with Crippen molar-refractivity contribution < 1.29 is 4.48 Å². The van der Waals surface area contributed by atoms with Gasteiger partial charge in [-0.05, 0) is 55.5 Å². The Labute approximate surface area is 165 Å². The predicted octanol–water partition coefficient (Wildman–Crippen LogP) is 4.07. The van der Waals surface area contributed by atoms with Gasteiger partial charge in [0, 0.05) is 48.7 Å². The van der Waals surface area contributed by atoms with Gasteiger partial charge in [-0.3, -0.25) is 0 Å². The Morgan fingerprint density at radius 2 is 1.11 bits per heavy atom. The van der Waals surface area contributed by atoms with Crippen LogP contribution in [0.25, 0.3) is 0 Å². The summed E-state index contributed by atoms with van der Waals surface area (Å²) >= 11 is 0. The fourth-order valence-electron chi connectivity index (χ4n) is 3.02. The van der Waals surface area contributed by atoms with Crippen LogP contribution in [0, 0.1) is 7.43 Å². The number of hydrogen-bond donors (Lipinski definition) is 4. The van der Waals surface area contributed by atoms with E-state index in [0.29, 0.717) is 0 Å². The second-order valence-corrected chi connectivity index (χ2v) is 7.19. The van der Waals surface area contributed by atoms with Crippen molar-refractivity contribution in [2.75, 3.05) is 61.9 Å². The molecule has 0 aliphatic carbocycles. The minimum atomic E-state index is 0. The quantitative estimate of drug-likeness (QED) is 0.208. The molecule has 0 aliphatic rings. The van der Waals surface area contributed by atoms with Crippen molar-refractivity contribution >= 4 is 22.7 Å². The molecule has 0 spiro atoms. The monoisotopic (exact) mass is 371 g/mol. The summed E-state index contributed by atoms with van der Waals surface area (Å²) in [6, 6.07) is 15.9. The summed E-state index contributed by atoms with van der Waals surface area (Å²) < 4.78 is 1.10. The molecule has 0 fully saturated rings. The number of quaternary nitrogens is 1. The molecule has 0 aromatic heterocycles. The summed E-state index contributed by atoms with van der Waals surface area (Å²) in [5.41, 5.74) is 15.3. The maximum Gasteiger partial charge on any atom is 0.0801 e. The van der Waals surface area contributed by atoms with Gasteiger partial charge < -0.3 is 34.0 Å². The maximum atomic E-state index is 5.72. The molecule has 2 aromatic rings. The zero-order valence-electron chi connectivity index (χ0n) is 17.2. The van der Waals surface area contributed by atoms with E-state index >= 15 is 0 Å². The molecule has 0 heterocycles. The van der Waals surface area contributed by atoms with Crippen LogP contribution in [0.4, 0.5) is 22.7 Å². The summed E-state index contributed by atoms with van der Waals surface area (Å²) in [4.78, 5) is 0. The molecule has 6 N–H and O–H groups in total. The standard InChI is InChI=1S/C21H34N5.CH3/c1-3-26(2,16-4-14-24-20-10-6-18(22)7-11-20)17-5-15-25-21-12-8-19(23)9-13-21;/h6-13,24-25H,3-5,14-17,22-23H2,1-2H3;1H3/q+1;-1. The Hall–Kier alpha value is -2.40. The van der Waals surface area contributed by atoms with Crippen LogP contribution >= 0.6 is 0 Å². The number of nitrogens with two attached hydrogens (primary N) is 2. The smallest absolute Gasteiger partial charge is 0.0801 e. The van der Waals surface area contributed by atoms with Crippen LogP contribution < -0.4 is 22.1 Å². The van der Waals surface area contributed by atoms with Crippen LogP contribution in [0.5, 0.6) is 0 Å². The normalized spacial score (nSPS) is 10.9. The van der Waals surface area contributed by atoms with Crippen LogP contribution in [-0.2, 0) is 0 Å². The molecule has 5 nitrogen and oxygen atoms in total. The highest BCUT2D eigenvalue weighted by atomic mass is 15.3. The molecule has 27 heavy (non-hydrogen) atoms. The Kier molecular flexibility index (Phi) is 9.51. The molecule has 0 radical (unpaired) electrons. The largest absolute Gasteiger partial charge is 0.399 e. The van der Waals surface area contributed by atoms with Crippen LogP contribution in [0.3, 0.4) is 0 Å². The van der Waals surface area contributed by atoms with E-state index in [1.54, 1.807) is 0 Å². The molecule has 0 saturated carbocycles. The van der Waals surface area contributed by atoms with Gasteiger partial charge in [0.05, 0.1) is 26.7 Å². The zero-order chi connectivity index (χ0) is 18.8. The maximum absolute atomic E-state index is 5.72. The number of nitrogens with zero attached hydrogens (tertiary/aromatic N) is 1. The molecule has 0 amide bonds. The third kappa shape index (κ3) is 8.22. The van der Waals surface area contributed by atoms with Crippen molar-refractivity contribution in [1.82, 2.24) is 0 Å². The fraction of sp³-hybridized carbons (Fsp3) is 0.409. The Morgan fingerprint density at radius 3 is 1.44 bits per heavy atom. The lowest BCUT2D eigenvalue weighted by atomic mass is 10.2. The van der Waals surface area contributed by atoms with Crippen LogP contribution in [0.2, 0.25) is 0 Å². The number of hydrogen-bond acceptors (Lipinski definition) is 4. The topological polar surface area (TPSA) is 76.1 Å². The first-order valence-electron chi connectivity index (χ1n) is 9.53. The van der Waals surface area contributed by atoms with E-state index in [1.807, 2.05) is 48.5 Å². The van der Waals surface area contributed by atoms with Gasteiger partial charge in [0.25, 0.3) is 0 Å². The third-order valence-electron chi connectivity index (χ3n) is 4.99. The molecule has 0 atom stereocenters. The lowest BCUT2D eigenvalue weighted by Crippen LogP contribution is -2.46. The van der Waals surface area contributed by atoms with E-state index in [2.05, 4.69) is 24.6 Å². The van der Waals surface area contributed by atoms with Gasteiger partial charge in [0.2, 0.25) is 0 Å². The SMILES string of the molecule is CC[N+](C)(CCCNc1ccc(N)cc1)CCCNc1ccc(N)cc1.[CH3-]. The van der Waals surface area contributed by atoms with Gasteiger partial charge in [-0.2, -0.15) is 0 Å². The fourth-order valence-corrected chi connectivity index (χ4v) is 3.02. The molecule has 5 heteroatoms. The summed E-state index contributed by atoms with van der Waals surface area (Å²) in [7, 11) is 2.35. The second kappa shape index (κ2) is 11.3. The van der Waals surface area contributed by atoms with Gasteiger partial charge in [0.1, 0.15) is 0 Å². The van der Waals surface area contributed by atoms with Crippen LogP contribution in [-0.4, -0.2) is 44.3 Å². The van der Waals surface area contributed by atoms with Crippen molar-refractivity contribution in [2.24, 2.45) is 0 Å². The highest BCUT2D eigenvalue weighted by Crippen LogP contribution is 2.12. The molecule has 0 bridgehead atoms. The highest BCUT2D eigenvalue weighted by Gasteiger charge is 2.17. The van der Waals surface area contributed by atoms with Gasteiger partial charge in [-0.1, -0.05) is 0 Å². The van der Waals surface area contributed by atoms with E-state index in [-0.39, 0.29) is 7.43 Å². The summed E-state index contributed by atoms with van der Waals surface area (Å²) in [5.74, 6) is 0. The molecular formula is C22H37N5. The Balaban J connectivity index is 0.00000364. The van der Waals surface area contributed by atoms with E-state index in [4.69, 9.17) is 11.5 Å². The summed E-state index contributed by atoms with van der Waals surface area (Å²) in [6.07, 6.45) is 2.31. The molecule has 150 valence electrons. The van der Waals surface area contributed by atoms with Crippen molar-refractivity contribution in [2.45, 2.75) is 19.8 Å². The first-order valence-corrected chi connectivity index (χ1v) is 9.53. The number of anilines is 4. The van der Waals surface area contributed by atoms with E-state index in [1.165, 1.54) is 13.1 Å². The third-order valence-corrected chi connectivity index (χ3v) is 4.99. The van der Waals surface area contributed by atoms with Crippen molar-refractivity contribution in [3.63, 3.8) is 0 Å². The first-order chi connectivity index (χ1) is 12.5. The minimum absolute atomic E-state index is 0. The lowest BCUT2D eigenvalue weighted by Gasteiger charge is -2.33. The first kappa shape index (κ1) is 22.6.